The van der Waals surface area contributed by atoms with Crippen LogP contribution in [0.3, 0.4) is 0 Å². The van der Waals surface area contributed by atoms with Gasteiger partial charge in [-0.25, -0.2) is 0 Å². The predicted molar refractivity (Wildman–Crippen MR) is 65.9 cm³/mol. The summed E-state index contributed by atoms with van der Waals surface area (Å²) in [5.74, 6) is 0.627. The van der Waals surface area contributed by atoms with E-state index in [1.54, 1.807) is 0 Å². The van der Waals surface area contributed by atoms with Crippen LogP contribution in [0.1, 0.15) is 25.0 Å². The summed E-state index contributed by atoms with van der Waals surface area (Å²) in [6.45, 7) is 8.18. The molecule has 1 rings (SSSR count). The molecule has 0 aliphatic carbocycles. The van der Waals surface area contributed by atoms with Crippen LogP contribution >= 0.6 is 15.9 Å². The normalized spacial score (nSPS) is 10.6. The number of rotatable bonds is 3. The Hall–Kier alpha value is -0.760. The van der Waals surface area contributed by atoms with Crippen molar-refractivity contribution < 1.29 is 0 Å². The maximum Gasteiger partial charge on any atom is 0.0317 e. The smallest absolute Gasteiger partial charge is 0.0317 e. The zero-order valence-electron chi connectivity index (χ0n) is 8.68. The Kier molecular flexibility index (Phi) is 3.76. The van der Waals surface area contributed by atoms with E-state index in [2.05, 4.69) is 42.4 Å². The van der Waals surface area contributed by atoms with Crippen molar-refractivity contribution in [3.8, 4) is 0 Å². The van der Waals surface area contributed by atoms with Gasteiger partial charge in [0.2, 0.25) is 0 Å². The molecule has 2 heteroatoms. The molecule has 0 saturated heterocycles. The third-order valence-corrected chi connectivity index (χ3v) is 2.53. The lowest BCUT2D eigenvalue weighted by molar-refractivity contribution is 0.646. The molecule has 1 aromatic rings. The van der Waals surface area contributed by atoms with E-state index < -0.39 is 0 Å². The van der Waals surface area contributed by atoms with Crippen LogP contribution in [0.15, 0.2) is 29.3 Å². The van der Waals surface area contributed by atoms with Gasteiger partial charge in [0.25, 0.3) is 0 Å². The minimum Gasteiger partial charge on any atom is -0.399 e. The van der Waals surface area contributed by atoms with Crippen molar-refractivity contribution in [1.82, 2.24) is 0 Å². The van der Waals surface area contributed by atoms with Crippen molar-refractivity contribution in [2.24, 2.45) is 11.7 Å². The third-order valence-electron chi connectivity index (χ3n) is 2.04. The number of halogens is 1. The van der Waals surface area contributed by atoms with Crippen LogP contribution in [0, 0.1) is 5.92 Å². The molecule has 0 unspecified atom stereocenters. The fourth-order valence-corrected chi connectivity index (χ4v) is 1.89. The molecular weight excluding hydrogens is 238 g/mol. The highest BCUT2D eigenvalue weighted by molar-refractivity contribution is 9.10. The first-order valence-electron chi connectivity index (χ1n) is 4.74. The van der Waals surface area contributed by atoms with Crippen molar-refractivity contribution >= 4 is 21.6 Å². The molecule has 0 heterocycles. The Labute approximate surface area is 94.1 Å². The highest BCUT2D eigenvalue weighted by Gasteiger charge is 2.06. The highest BCUT2D eigenvalue weighted by atomic mass is 79.9. The van der Waals surface area contributed by atoms with E-state index in [-0.39, 0.29) is 0 Å². The Morgan fingerprint density at radius 1 is 1.50 bits per heavy atom. The lowest BCUT2D eigenvalue weighted by Gasteiger charge is -2.11. The molecular formula is C12H16BrN. The molecule has 1 nitrogen and oxygen atoms in total. The van der Waals surface area contributed by atoms with Crippen molar-refractivity contribution in [2.75, 3.05) is 0 Å². The summed E-state index contributed by atoms with van der Waals surface area (Å²) in [6, 6.07) is 6.13. The minimum absolute atomic E-state index is 0.627. The molecule has 0 radical (unpaired) electrons. The molecule has 0 aliphatic rings. The second kappa shape index (κ2) is 4.65. The fourth-order valence-electron chi connectivity index (χ4n) is 1.48. The van der Waals surface area contributed by atoms with Gasteiger partial charge in [-0.3, -0.25) is 0 Å². The van der Waals surface area contributed by atoms with Gasteiger partial charge >= 0.3 is 0 Å². The van der Waals surface area contributed by atoms with Gasteiger partial charge in [-0.15, -0.1) is 0 Å². The number of hydrogen-bond acceptors (Lipinski definition) is 1. The van der Waals surface area contributed by atoms with Crippen LogP contribution in [0.25, 0.3) is 5.70 Å². The standard InChI is InChI=1S/C12H16BrN/c1-8(2)6-10-7-11(13)4-5-12(10)9(3)14/h4-5,7-8H,3,6,14H2,1-2H3. The van der Waals surface area contributed by atoms with E-state index in [9.17, 15) is 0 Å². The molecule has 14 heavy (non-hydrogen) atoms. The van der Waals surface area contributed by atoms with Gasteiger partial charge < -0.3 is 5.73 Å². The maximum atomic E-state index is 5.73. The monoisotopic (exact) mass is 253 g/mol. The average molecular weight is 254 g/mol. The Morgan fingerprint density at radius 2 is 2.14 bits per heavy atom. The summed E-state index contributed by atoms with van der Waals surface area (Å²) < 4.78 is 1.10. The Morgan fingerprint density at radius 3 is 2.64 bits per heavy atom. The topological polar surface area (TPSA) is 26.0 Å². The molecule has 1 aromatic carbocycles. The van der Waals surface area contributed by atoms with Gasteiger partial charge in [0.15, 0.2) is 0 Å². The van der Waals surface area contributed by atoms with E-state index >= 15 is 0 Å². The molecule has 0 saturated carbocycles. The minimum atomic E-state index is 0.627. The number of benzene rings is 1. The van der Waals surface area contributed by atoms with Crippen LogP contribution in [0.2, 0.25) is 0 Å². The van der Waals surface area contributed by atoms with E-state index in [0.717, 1.165) is 16.5 Å². The second-order valence-electron chi connectivity index (χ2n) is 3.92. The first-order chi connectivity index (χ1) is 6.50. The van der Waals surface area contributed by atoms with Gasteiger partial charge in [-0.05, 0) is 30.0 Å². The van der Waals surface area contributed by atoms with Crippen LogP contribution < -0.4 is 5.73 Å². The van der Waals surface area contributed by atoms with E-state index in [4.69, 9.17) is 5.73 Å². The molecule has 0 aliphatic heterocycles. The van der Waals surface area contributed by atoms with E-state index in [0.29, 0.717) is 11.6 Å². The largest absolute Gasteiger partial charge is 0.399 e. The first kappa shape index (κ1) is 11.3. The molecule has 0 fully saturated rings. The SMILES string of the molecule is C=C(N)c1ccc(Br)cc1CC(C)C. The van der Waals surface area contributed by atoms with Crippen molar-refractivity contribution in [3.63, 3.8) is 0 Å². The molecule has 0 spiro atoms. The Balaban J connectivity index is 3.09. The molecule has 2 N–H and O–H groups in total. The van der Waals surface area contributed by atoms with Gasteiger partial charge in [0.05, 0.1) is 0 Å². The molecule has 0 bridgehead atoms. The molecule has 0 aromatic heterocycles. The van der Waals surface area contributed by atoms with Crippen LogP contribution in [-0.2, 0) is 6.42 Å². The highest BCUT2D eigenvalue weighted by Crippen LogP contribution is 2.22. The average Bonchev–Trinajstić information content (AvgIpc) is 2.01. The molecule has 0 amide bonds. The van der Waals surface area contributed by atoms with Gasteiger partial charge in [0, 0.05) is 15.7 Å². The quantitative estimate of drug-likeness (QED) is 0.876. The van der Waals surface area contributed by atoms with E-state index in [1.165, 1.54) is 5.56 Å². The van der Waals surface area contributed by atoms with Crippen LogP contribution in [-0.4, -0.2) is 0 Å². The summed E-state index contributed by atoms with van der Waals surface area (Å²) in [7, 11) is 0. The zero-order chi connectivity index (χ0) is 10.7. The summed E-state index contributed by atoms with van der Waals surface area (Å²) in [5, 5.41) is 0. The molecule has 76 valence electrons. The fraction of sp³-hybridized carbons (Fsp3) is 0.333. The van der Waals surface area contributed by atoms with Crippen molar-refractivity contribution in [3.05, 3.63) is 40.4 Å². The third kappa shape index (κ3) is 2.88. The van der Waals surface area contributed by atoms with Crippen molar-refractivity contribution in [1.29, 1.82) is 0 Å². The lowest BCUT2D eigenvalue weighted by Crippen LogP contribution is -2.02. The van der Waals surface area contributed by atoms with E-state index in [1.807, 2.05) is 12.1 Å². The van der Waals surface area contributed by atoms with Crippen LogP contribution in [0.4, 0.5) is 0 Å². The van der Waals surface area contributed by atoms with Crippen LogP contribution in [0.5, 0.6) is 0 Å². The van der Waals surface area contributed by atoms with Gasteiger partial charge in [-0.2, -0.15) is 0 Å². The lowest BCUT2D eigenvalue weighted by atomic mass is 9.97. The Bertz CT molecular complexity index is 342. The summed E-state index contributed by atoms with van der Waals surface area (Å²) >= 11 is 3.46. The summed E-state index contributed by atoms with van der Waals surface area (Å²) in [5.41, 5.74) is 8.71. The van der Waals surface area contributed by atoms with Gasteiger partial charge in [-0.1, -0.05) is 42.4 Å². The number of nitrogens with two attached hydrogens (primary N) is 1. The summed E-state index contributed by atoms with van der Waals surface area (Å²) in [4.78, 5) is 0. The maximum absolute atomic E-state index is 5.73. The first-order valence-corrected chi connectivity index (χ1v) is 5.53. The predicted octanol–water partition coefficient (Wildman–Crippen LogP) is 3.58. The number of hydrogen-bond donors (Lipinski definition) is 1. The zero-order valence-corrected chi connectivity index (χ0v) is 10.3. The van der Waals surface area contributed by atoms with Gasteiger partial charge in [0.1, 0.15) is 0 Å². The summed E-state index contributed by atoms with van der Waals surface area (Å²) in [6.07, 6.45) is 1.03. The van der Waals surface area contributed by atoms with Crippen molar-refractivity contribution in [2.45, 2.75) is 20.3 Å². The molecule has 0 atom stereocenters. The second-order valence-corrected chi connectivity index (χ2v) is 4.84.